The number of amides is 1. The molecular formula is C25H27N5O2. The summed E-state index contributed by atoms with van der Waals surface area (Å²) >= 11 is 0. The van der Waals surface area contributed by atoms with Crippen molar-refractivity contribution in [2.75, 3.05) is 38.3 Å². The minimum atomic E-state index is 0.0258. The fourth-order valence-electron chi connectivity index (χ4n) is 4.35. The number of rotatable bonds is 6. The third-order valence-corrected chi connectivity index (χ3v) is 6.19. The molecule has 1 aliphatic heterocycles. The Hall–Kier alpha value is -3.42. The maximum Gasteiger partial charge on any atom is 0.225 e. The van der Waals surface area contributed by atoms with Crippen LogP contribution in [0.1, 0.15) is 48.9 Å². The van der Waals surface area contributed by atoms with Gasteiger partial charge in [-0.3, -0.25) is 4.79 Å². The van der Waals surface area contributed by atoms with Crippen molar-refractivity contribution in [2.45, 2.75) is 38.1 Å². The highest BCUT2D eigenvalue weighted by Crippen LogP contribution is 2.45. The number of carbonyl (C=O) groups is 1. The van der Waals surface area contributed by atoms with E-state index in [0.717, 1.165) is 29.7 Å². The van der Waals surface area contributed by atoms with Gasteiger partial charge in [0.05, 0.1) is 35.9 Å². The van der Waals surface area contributed by atoms with Crippen LogP contribution in [-0.4, -0.2) is 55.2 Å². The van der Waals surface area contributed by atoms with Crippen molar-refractivity contribution in [3.05, 3.63) is 47.2 Å². The highest BCUT2D eigenvalue weighted by atomic mass is 16.5. The molecular weight excluding hydrogens is 402 g/mol. The van der Waals surface area contributed by atoms with E-state index in [2.05, 4.69) is 17.0 Å². The fourth-order valence-corrected chi connectivity index (χ4v) is 4.35. The van der Waals surface area contributed by atoms with Crippen molar-refractivity contribution < 1.29 is 9.53 Å². The van der Waals surface area contributed by atoms with Gasteiger partial charge in [-0.1, -0.05) is 12.1 Å². The number of carbonyl (C=O) groups excluding carboxylic acids is 1. The van der Waals surface area contributed by atoms with Crippen LogP contribution in [-0.2, 0) is 9.53 Å². The zero-order valence-electron chi connectivity index (χ0n) is 18.5. The second kappa shape index (κ2) is 9.38. The summed E-state index contributed by atoms with van der Waals surface area (Å²) in [5.41, 5.74) is 3.98. The van der Waals surface area contributed by atoms with E-state index >= 15 is 0 Å². The average molecular weight is 430 g/mol. The summed E-state index contributed by atoms with van der Waals surface area (Å²) in [5.74, 6) is 1.18. The molecule has 4 rings (SSSR count). The number of ether oxygens (including phenoxy) is 1. The summed E-state index contributed by atoms with van der Waals surface area (Å²) in [5, 5.41) is 19.2. The largest absolute Gasteiger partial charge is 0.384 e. The van der Waals surface area contributed by atoms with Crippen molar-refractivity contribution in [2.24, 2.45) is 0 Å². The molecule has 1 unspecified atom stereocenters. The molecule has 1 saturated carbocycles. The lowest BCUT2D eigenvalue weighted by atomic mass is 9.97. The molecule has 1 saturated heterocycles. The molecule has 0 spiro atoms. The van der Waals surface area contributed by atoms with Crippen molar-refractivity contribution >= 4 is 11.7 Å². The molecule has 7 nitrogen and oxygen atoms in total. The number of hydrogen-bond donors (Lipinski definition) is 0. The van der Waals surface area contributed by atoms with E-state index in [9.17, 15) is 15.3 Å². The van der Waals surface area contributed by atoms with Gasteiger partial charge < -0.3 is 14.5 Å². The molecule has 2 aliphatic rings. The molecule has 2 heterocycles. The molecule has 1 aromatic heterocycles. The summed E-state index contributed by atoms with van der Waals surface area (Å²) in [6, 6.07) is 13.9. The Balaban J connectivity index is 1.64. The van der Waals surface area contributed by atoms with Gasteiger partial charge in [-0.15, -0.1) is 0 Å². The van der Waals surface area contributed by atoms with Gasteiger partial charge in [0, 0.05) is 44.3 Å². The SMILES string of the molecule is COCCC(=O)N1CCN(c2nc(C3CC3)c(-c3cccc(C#N)c3)cc2C#N)CC1C. The van der Waals surface area contributed by atoms with E-state index in [0.29, 0.717) is 55.5 Å². The maximum atomic E-state index is 12.5. The van der Waals surface area contributed by atoms with Crippen LogP contribution in [0, 0.1) is 22.7 Å². The number of methoxy groups -OCH3 is 1. The number of benzene rings is 1. The number of nitrogens with zero attached hydrogens (tertiary/aromatic N) is 5. The monoisotopic (exact) mass is 429 g/mol. The number of nitriles is 2. The molecule has 7 heteroatoms. The van der Waals surface area contributed by atoms with E-state index in [1.807, 2.05) is 36.1 Å². The Morgan fingerprint density at radius 2 is 2.03 bits per heavy atom. The lowest BCUT2D eigenvalue weighted by molar-refractivity contribution is -0.134. The van der Waals surface area contributed by atoms with Crippen molar-refractivity contribution in [1.82, 2.24) is 9.88 Å². The Kier molecular flexibility index (Phi) is 6.39. The summed E-state index contributed by atoms with van der Waals surface area (Å²) in [4.78, 5) is 21.5. The molecule has 164 valence electrons. The van der Waals surface area contributed by atoms with Crippen LogP contribution in [0.5, 0.6) is 0 Å². The predicted molar refractivity (Wildman–Crippen MR) is 121 cm³/mol. The Morgan fingerprint density at radius 1 is 1.22 bits per heavy atom. The van der Waals surface area contributed by atoms with Gasteiger partial charge in [0.25, 0.3) is 0 Å². The molecule has 1 atom stereocenters. The first-order chi connectivity index (χ1) is 15.5. The van der Waals surface area contributed by atoms with Gasteiger partial charge in [0.2, 0.25) is 5.91 Å². The Bertz CT molecular complexity index is 1100. The second-order valence-corrected chi connectivity index (χ2v) is 8.50. The van der Waals surface area contributed by atoms with Crippen LogP contribution < -0.4 is 4.90 Å². The average Bonchev–Trinajstić information content (AvgIpc) is 3.67. The van der Waals surface area contributed by atoms with E-state index in [1.54, 1.807) is 13.2 Å². The topological polar surface area (TPSA) is 93.2 Å². The molecule has 32 heavy (non-hydrogen) atoms. The number of pyridine rings is 1. The molecule has 0 N–H and O–H groups in total. The molecule has 2 fully saturated rings. The first kappa shape index (κ1) is 21.8. The van der Waals surface area contributed by atoms with E-state index in [4.69, 9.17) is 9.72 Å². The van der Waals surface area contributed by atoms with Gasteiger partial charge in [-0.2, -0.15) is 10.5 Å². The molecule has 2 aromatic rings. The molecule has 0 radical (unpaired) electrons. The van der Waals surface area contributed by atoms with Crippen LogP contribution in [0.25, 0.3) is 11.1 Å². The molecule has 1 aliphatic carbocycles. The molecule has 1 aromatic carbocycles. The standard InChI is InChI=1S/C25H27N5O2/c1-17-16-29(9-10-30(17)23(31)8-11-32-2)25-21(15-27)13-22(24(28-25)19-6-7-19)20-5-3-4-18(12-20)14-26/h3-5,12-13,17,19H,6-11,16H2,1-2H3. The highest BCUT2D eigenvalue weighted by Gasteiger charge is 2.33. The van der Waals surface area contributed by atoms with Crippen LogP contribution >= 0.6 is 0 Å². The number of piperazine rings is 1. The lowest BCUT2D eigenvalue weighted by Crippen LogP contribution is -2.54. The quantitative estimate of drug-likeness (QED) is 0.698. The zero-order chi connectivity index (χ0) is 22.7. The number of hydrogen-bond acceptors (Lipinski definition) is 6. The summed E-state index contributed by atoms with van der Waals surface area (Å²) in [6.07, 6.45) is 2.55. The van der Waals surface area contributed by atoms with Crippen LogP contribution in [0.15, 0.2) is 30.3 Å². The van der Waals surface area contributed by atoms with Gasteiger partial charge in [0.15, 0.2) is 0 Å². The van der Waals surface area contributed by atoms with E-state index < -0.39 is 0 Å². The van der Waals surface area contributed by atoms with Gasteiger partial charge in [-0.25, -0.2) is 4.98 Å². The minimum Gasteiger partial charge on any atom is -0.384 e. The normalized spacial score (nSPS) is 18.2. The van der Waals surface area contributed by atoms with Gasteiger partial charge in [-0.05, 0) is 43.5 Å². The van der Waals surface area contributed by atoms with Crippen LogP contribution in [0.3, 0.4) is 0 Å². The maximum absolute atomic E-state index is 12.5. The smallest absolute Gasteiger partial charge is 0.225 e. The highest BCUT2D eigenvalue weighted by molar-refractivity contribution is 5.77. The second-order valence-electron chi connectivity index (χ2n) is 8.50. The number of anilines is 1. The Morgan fingerprint density at radius 3 is 2.69 bits per heavy atom. The van der Waals surface area contributed by atoms with E-state index in [1.165, 1.54) is 0 Å². The fraction of sp³-hybridized carbons (Fsp3) is 0.440. The third kappa shape index (κ3) is 4.44. The minimum absolute atomic E-state index is 0.0258. The third-order valence-electron chi connectivity index (χ3n) is 6.19. The van der Waals surface area contributed by atoms with Gasteiger partial charge >= 0.3 is 0 Å². The lowest BCUT2D eigenvalue weighted by Gasteiger charge is -2.41. The van der Waals surface area contributed by atoms with Crippen molar-refractivity contribution in [3.8, 4) is 23.3 Å². The first-order valence-electron chi connectivity index (χ1n) is 11.0. The number of aromatic nitrogens is 1. The predicted octanol–water partition coefficient (Wildman–Crippen LogP) is 3.44. The van der Waals surface area contributed by atoms with Gasteiger partial charge in [0.1, 0.15) is 11.9 Å². The summed E-state index contributed by atoms with van der Waals surface area (Å²) in [6.45, 7) is 4.32. The zero-order valence-corrected chi connectivity index (χ0v) is 18.5. The Labute approximate surface area is 188 Å². The molecule has 1 amide bonds. The van der Waals surface area contributed by atoms with Crippen molar-refractivity contribution in [1.29, 1.82) is 10.5 Å². The van der Waals surface area contributed by atoms with E-state index in [-0.39, 0.29) is 11.9 Å². The van der Waals surface area contributed by atoms with Crippen LogP contribution in [0.4, 0.5) is 5.82 Å². The summed E-state index contributed by atoms with van der Waals surface area (Å²) < 4.78 is 5.04. The van der Waals surface area contributed by atoms with Crippen molar-refractivity contribution in [3.63, 3.8) is 0 Å². The first-order valence-corrected chi connectivity index (χ1v) is 11.0. The molecule has 0 bridgehead atoms. The summed E-state index contributed by atoms with van der Waals surface area (Å²) in [7, 11) is 1.60. The van der Waals surface area contributed by atoms with Crippen LogP contribution in [0.2, 0.25) is 0 Å².